The van der Waals surface area contributed by atoms with Crippen molar-refractivity contribution >= 4 is 5.78 Å². The second-order valence-corrected chi connectivity index (χ2v) is 1.96. The zero-order valence-electron chi connectivity index (χ0n) is 4.74. The van der Waals surface area contributed by atoms with Crippen molar-refractivity contribution in [3.8, 4) is 0 Å². The van der Waals surface area contributed by atoms with Crippen molar-refractivity contribution in [2.45, 2.75) is 5.72 Å². The summed E-state index contributed by atoms with van der Waals surface area (Å²) in [6.45, 7) is 0. The number of carbonyl (C=O) groups excluding carboxylic acids is 1. The van der Waals surface area contributed by atoms with Gasteiger partial charge in [0.2, 0.25) is 0 Å². The molecule has 1 rings (SSSR count). The van der Waals surface area contributed by atoms with Crippen LogP contribution in [0.2, 0.25) is 0 Å². The Hall–Kier alpha value is -0.930. The number of rotatable bonds is 0. The topological polar surface area (TPSA) is 63.3 Å². The van der Waals surface area contributed by atoms with E-state index in [-0.39, 0.29) is 5.78 Å². The molecule has 48 valence electrons. The molecule has 1 aliphatic carbocycles. The molecule has 1 aliphatic rings. The lowest BCUT2D eigenvalue weighted by molar-refractivity contribution is -0.110. The molecule has 0 heterocycles. The second kappa shape index (κ2) is 1.79. The Morgan fingerprint density at radius 1 is 1.44 bits per heavy atom. The smallest absolute Gasteiger partial charge is 0.178 e. The van der Waals surface area contributed by atoms with Crippen LogP contribution in [0.25, 0.3) is 0 Å². The predicted molar refractivity (Wildman–Crippen MR) is 32.4 cm³/mol. The maximum absolute atomic E-state index is 10.4. The Balaban J connectivity index is 2.82. The average Bonchev–Trinajstić information content (AvgIpc) is 1.78. The van der Waals surface area contributed by atoms with Gasteiger partial charge >= 0.3 is 0 Å². The molecule has 3 nitrogen and oxygen atoms in total. The van der Waals surface area contributed by atoms with E-state index < -0.39 is 5.72 Å². The Kier molecular flexibility index (Phi) is 1.23. The zero-order valence-corrected chi connectivity index (χ0v) is 4.74. The lowest BCUT2D eigenvalue weighted by atomic mass is 10.1. The Morgan fingerprint density at radius 3 is 2.22 bits per heavy atom. The quantitative estimate of drug-likeness (QED) is 0.422. The van der Waals surface area contributed by atoms with Gasteiger partial charge < -0.3 is 5.11 Å². The van der Waals surface area contributed by atoms with E-state index in [4.69, 9.17) is 10.8 Å². The van der Waals surface area contributed by atoms with E-state index in [9.17, 15) is 4.79 Å². The van der Waals surface area contributed by atoms with Crippen LogP contribution >= 0.6 is 0 Å². The molecule has 0 bridgehead atoms. The zero-order chi connectivity index (χ0) is 6.91. The van der Waals surface area contributed by atoms with Crippen molar-refractivity contribution in [3.05, 3.63) is 24.3 Å². The Bertz CT molecular complexity index is 173. The van der Waals surface area contributed by atoms with E-state index >= 15 is 0 Å². The van der Waals surface area contributed by atoms with Crippen LogP contribution in [0.3, 0.4) is 0 Å². The van der Waals surface area contributed by atoms with E-state index in [1.165, 1.54) is 24.3 Å². The molecular formula is C6H7NO2. The molecule has 0 unspecified atom stereocenters. The summed E-state index contributed by atoms with van der Waals surface area (Å²) in [7, 11) is 0. The van der Waals surface area contributed by atoms with Gasteiger partial charge in [0, 0.05) is 0 Å². The number of hydrogen-bond donors (Lipinski definition) is 2. The molecule has 3 N–H and O–H groups in total. The van der Waals surface area contributed by atoms with Gasteiger partial charge in [-0.05, 0) is 24.3 Å². The molecule has 0 fully saturated rings. The van der Waals surface area contributed by atoms with Gasteiger partial charge in [0.1, 0.15) is 0 Å². The van der Waals surface area contributed by atoms with Crippen LogP contribution in [0.1, 0.15) is 0 Å². The number of hydrogen-bond acceptors (Lipinski definition) is 3. The fraction of sp³-hybridized carbons (Fsp3) is 0.167. The van der Waals surface area contributed by atoms with Crippen LogP contribution in [0.15, 0.2) is 24.3 Å². The maximum atomic E-state index is 10.4. The van der Waals surface area contributed by atoms with Crippen LogP contribution in [0.4, 0.5) is 0 Å². The molecule has 0 radical (unpaired) electrons. The Morgan fingerprint density at radius 2 is 1.89 bits per heavy atom. The van der Waals surface area contributed by atoms with Gasteiger partial charge in [-0.1, -0.05) is 0 Å². The van der Waals surface area contributed by atoms with Crippen molar-refractivity contribution in [1.82, 2.24) is 0 Å². The highest BCUT2D eigenvalue weighted by Gasteiger charge is 2.15. The highest BCUT2D eigenvalue weighted by Crippen LogP contribution is 2.04. The molecule has 3 heteroatoms. The van der Waals surface area contributed by atoms with E-state index in [0.29, 0.717) is 0 Å². The first-order valence-electron chi connectivity index (χ1n) is 2.54. The summed E-state index contributed by atoms with van der Waals surface area (Å²) in [6, 6.07) is 0. The number of carbonyl (C=O) groups is 1. The standard InChI is InChI=1S/C6H7NO2/c7-6(9)3-1-5(8)2-4-6/h1-4,9H,7H2. The first kappa shape index (κ1) is 6.19. The Labute approximate surface area is 52.5 Å². The number of nitrogens with two attached hydrogens (primary N) is 1. The molecule has 0 aromatic heterocycles. The summed E-state index contributed by atoms with van der Waals surface area (Å²) in [4.78, 5) is 10.4. The van der Waals surface area contributed by atoms with E-state index in [1.807, 2.05) is 0 Å². The average molecular weight is 125 g/mol. The van der Waals surface area contributed by atoms with Crippen molar-refractivity contribution < 1.29 is 9.90 Å². The monoisotopic (exact) mass is 125 g/mol. The molecule has 0 aromatic rings. The summed E-state index contributed by atoms with van der Waals surface area (Å²) in [5.41, 5.74) is 3.75. The predicted octanol–water partition coefficient (Wildman–Crippen LogP) is -0.671. The first-order chi connectivity index (χ1) is 4.10. The van der Waals surface area contributed by atoms with Crippen molar-refractivity contribution in [2.24, 2.45) is 5.73 Å². The maximum Gasteiger partial charge on any atom is 0.178 e. The minimum atomic E-state index is -1.42. The van der Waals surface area contributed by atoms with Crippen LogP contribution in [0.5, 0.6) is 0 Å². The largest absolute Gasteiger partial charge is 0.369 e. The van der Waals surface area contributed by atoms with Crippen LogP contribution in [0, 0.1) is 0 Å². The van der Waals surface area contributed by atoms with Gasteiger partial charge in [0.05, 0.1) is 0 Å². The second-order valence-electron chi connectivity index (χ2n) is 1.96. The molecule has 0 spiro atoms. The SMILES string of the molecule is NC1(O)C=CC(=O)C=C1. The molecule has 0 aromatic carbocycles. The minimum absolute atomic E-state index is 0.148. The van der Waals surface area contributed by atoms with E-state index in [0.717, 1.165) is 0 Å². The van der Waals surface area contributed by atoms with Crippen LogP contribution in [-0.2, 0) is 4.79 Å². The molecule has 0 atom stereocenters. The number of ketones is 1. The lowest BCUT2D eigenvalue weighted by Gasteiger charge is -2.14. The normalized spacial score (nSPS) is 22.7. The van der Waals surface area contributed by atoms with Gasteiger partial charge in [-0.3, -0.25) is 10.5 Å². The van der Waals surface area contributed by atoms with Gasteiger partial charge in [-0.2, -0.15) is 0 Å². The summed E-state index contributed by atoms with van der Waals surface area (Å²) in [5, 5.41) is 8.94. The molecule has 0 amide bonds. The molecule has 0 saturated heterocycles. The molecule has 0 saturated carbocycles. The first-order valence-corrected chi connectivity index (χ1v) is 2.54. The van der Waals surface area contributed by atoms with Gasteiger partial charge in [-0.25, -0.2) is 0 Å². The number of aliphatic hydroxyl groups is 1. The molecule has 0 aliphatic heterocycles. The van der Waals surface area contributed by atoms with E-state index in [2.05, 4.69) is 0 Å². The van der Waals surface area contributed by atoms with Gasteiger partial charge in [-0.15, -0.1) is 0 Å². The highest BCUT2D eigenvalue weighted by molar-refractivity contribution is 6.00. The summed E-state index contributed by atoms with van der Waals surface area (Å²) in [6.07, 6.45) is 4.96. The third-order valence-corrected chi connectivity index (χ3v) is 1.03. The fourth-order valence-corrected chi connectivity index (χ4v) is 0.542. The van der Waals surface area contributed by atoms with Gasteiger partial charge in [0.15, 0.2) is 11.5 Å². The summed E-state index contributed by atoms with van der Waals surface area (Å²) in [5.74, 6) is -0.148. The van der Waals surface area contributed by atoms with Crippen LogP contribution in [-0.4, -0.2) is 16.6 Å². The number of allylic oxidation sites excluding steroid dienone is 2. The van der Waals surface area contributed by atoms with Crippen molar-refractivity contribution in [2.75, 3.05) is 0 Å². The molecule has 9 heavy (non-hydrogen) atoms. The molecular weight excluding hydrogens is 118 g/mol. The van der Waals surface area contributed by atoms with Crippen molar-refractivity contribution in [3.63, 3.8) is 0 Å². The summed E-state index contributed by atoms with van der Waals surface area (Å²) >= 11 is 0. The minimum Gasteiger partial charge on any atom is -0.369 e. The van der Waals surface area contributed by atoms with Crippen molar-refractivity contribution in [1.29, 1.82) is 0 Å². The summed E-state index contributed by atoms with van der Waals surface area (Å²) < 4.78 is 0. The van der Waals surface area contributed by atoms with Gasteiger partial charge in [0.25, 0.3) is 0 Å². The third-order valence-electron chi connectivity index (χ3n) is 1.03. The van der Waals surface area contributed by atoms with E-state index in [1.54, 1.807) is 0 Å². The fourth-order valence-electron chi connectivity index (χ4n) is 0.542. The van der Waals surface area contributed by atoms with Crippen LogP contribution < -0.4 is 5.73 Å². The lowest BCUT2D eigenvalue weighted by Crippen LogP contribution is -2.36. The highest BCUT2D eigenvalue weighted by atomic mass is 16.3. The third kappa shape index (κ3) is 1.48.